The molecule has 3 unspecified atom stereocenters. The van der Waals surface area contributed by atoms with Crippen molar-refractivity contribution < 1.29 is 4.74 Å². The average molecular weight is 203 g/mol. The van der Waals surface area contributed by atoms with E-state index in [0.717, 1.165) is 13.0 Å². The summed E-state index contributed by atoms with van der Waals surface area (Å²) in [7, 11) is 4.01. The van der Waals surface area contributed by atoms with Crippen LogP contribution in [0.25, 0.3) is 0 Å². The number of nitrogens with two attached hydrogens (primary N) is 1. The highest BCUT2D eigenvalue weighted by Gasteiger charge is 2.10. The minimum atomic E-state index is 0.0794. The van der Waals surface area contributed by atoms with Crippen molar-refractivity contribution in [3.05, 3.63) is 0 Å². The Morgan fingerprint density at radius 2 is 1.93 bits per heavy atom. The highest BCUT2D eigenvalue weighted by Crippen LogP contribution is 1.99. The molecule has 0 radical (unpaired) electrons. The van der Waals surface area contributed by atoms with Crippen molar-refractivity contribution in [2.45, 2.75) is 45.7 Å². The monoisotopic (exact) mass is 203 g/mol. The standard InChI is InChI=1S/C10H25N3O/c1-6-10(11)12-7-8(2)14-9(3)13(4)5/h8-10,12H,6-7,11H2,1-5H3. The fraction of sp³-hybridized carbons (Fsp3) is 1.00. The molecule has 0 saturated heterocycles. The molecule has 0 fully saturated rings. The largest absolute Gasteiger partial charge is 0.359 e. The molecule has 14 heavy (non-hydrogen) atoms. The number of nitrogens with zero attached hydrogens (tertiary/aromatic N) is 1. The lowest BCUT2D eigenvalue weighted by Gasteiger charge is -2.25. The van der Waals surface area contributed by atoms with Gasteiger partial charge in [0.1, 0.15) is 6.23 Å². The molecule has 0 amide bonds. The lowest BCUT2D eigenvalue weighted by molar-refractivity contribution is -0.0629. The van der Waals surface area contributed by atoms with E-state index in [4.69, 9.17) is 10.5 Å². The molecule has 0 aromatic heterocycles. The Hall–Kier alpha value is -0.160. The summed E-state index contributed by atoms with van der Waals surface area (Å²) in [6.07, 6.45) is 1.35. The van der Waals surface area contributed by atoms with Crippen LogP contribution in [-0.2, 0) is 4.74 Å². The fourth-order valence-electron chi connectivity index (χ4n) is 0.968. The molecule has 0 aromatic carbocycles. The van der Waals surface area contributed by atoms with Gasteiger partial charge in [-0.3, -0.25) is 10.2 Å². The molecule has 86 valence electrons. The molecular formula is C10H25N3O. The summed E-state index contributed by atoms with van der Waals surface area (Å²) in [5.41, 5.74) is 5.73. The molecule has 4 heteroatoms. The Labute approximate surface area is 87.8 Å². The predicted octanol–water partition coefficient (Wildman–Crippen LogP) is 0.584. The van der Waals surface area contributed by atoms with Crippen LogP contribution in [0, 0.1) is 0 Å². The average Bonchev–Trinajstić information content (AvgIpc) is 2.13. The molecule has 3 N–H and O–H groups in total. The molecule has 0 bridgehead atoms. The Bertz CT molecular complexity index is 141. The van der Waals surface area contributed by atoms with Gasteiger partial charge in [0.15, 0.2) is 0 Å². The van der Waals surface area contributed by atoms with E-state index in [2.05, 4.69) is 19.2 Å². The second-order valence-electron chi connectivity index (χ2n) is 3.93. The molecule has 0 spiro atoms. The van der Waals surface area contributed by atoms with Crippen LogP contribution in [-0.4, -0.2) is 44.0 Å². The number of nitrogens with one attached hydrogen (secondary N) is 1. The molecular weight excluding hydrogens is 178 g/mol. The minimum absolute atomic E-state index is 0.0794. The second-order valence-corrected chi connectivity index (χ2v) is 3.93. The van der Waals surface area contributed by atoms with Crippen LogP contribution in [0.3, 0.4) is 0 Å². The van der Waals surface area contributed by atoms with Crippen LogP contribution < -0.4 is 11.1 Å². The van der Waals surface area contributed by atoms with Crippen LogP contribution >= 0.6 is 0 Å². The normalized spacial score (nSPS) is 18.2. The topological polar surface area (TPSA) is 50.5 Å². The van der Waals surface area contributed by atoms with E-state index >= 15 is 0 Å². The Balaban J connectivity index is 3.59. The van der Waals surface area contributed by atoms with Crippen molar-refractivity contribution in [1.29, 1.82) is 0 Å². The Kier molecular flexibility index (Phi) is 7.09. The van der Waals surface area contributed by atoms with Gasteiger partial charge in [-0.2, -0.15) is 0 Å². The van der Waals surface area contributed by atoms with Crippen LogP contribution in [0.2, 0.25) is 0 Å². The molecule has 3 atom stereocenters. The molecule has 0 aliphatic heterocycles. The highest BCUT2D eigenvalue weighted by atomic mass is 16.5. The Morgan fingerprint density at radius 1 is 1.36 bits per heavy atom. The van der Waals surface area contributed by atoms with Crippen molar-refractivity contribution in [1.82, 2.24) is 10.2 Å². The van der Waals surface area contributed by atoms with Gasteiger partial charge in [-0.25, -0.2) is 0 Å². The van der Waals surface area contributed by atoms with Gasteiger partial charge in [-0.1, -0.05) is 6.92 Å². The summed E-state index contributed by atoms with van der Waals surface area (Å²) in [5, 5.41) is 3.21. The van der Waals surface area contributed by atoms with Crippen molar-refractivity contribution in [2.75, 3.05) is 20.6 Å². The van der Waals surface area contributed by atoms with Gasteiger partial charge in [-0.15, -0.1) is 0 Å². The number of hydrogen-bond donors (Lipinski definition) is 2. The maximum absolute atomic E-state index is 5.73. The summed E-state index contributed by atoms with van der Waals surface area (Å²) in [6.45, 7) is 6.95. The quantitative estimate of drug-likeness (QED) is 0.594. The molecule has 0 rings (SSSR count). The van der Waals surface area contributed by atoms with Gasteiger partial charge in [0.2, 0.25) is 0 Å². The summed E-state index contributed by atoms with van der Waals surface area (Å²) in [4.78, 5) is 2.04. The summed E-state index contributed by atoms with van der Waals surface area (Å²) < 4.78 is 5.71. The molecule has 4 nitrogen and oxygen atoms in total. The second kappa shape index (κ2) is 7.17. The molecule has 0 aliphatic carbocycles. The van der Waals surface area contributed by atoms with Crippen LogP contribution in [0.15, 0.2) is 0 Å². The predicted molar refractivity (Wildman–Crippen MR) is 60.0 cm³/mol. The number of ether oxygens (including phenoxy) is 1. The first-order valence-electron chi connectivity index (χ1n) is 5.28. The first-order valence-corrected chi connectivity index (χ1v) is 5.28. The van der Waals surface area contributed by atoms with Crippen molar-refractivity contribution in [3.63, 3.8) is 0 Å². The van der Waals surface area contributed by atoms with E-state index < -0.39 is 0 Å². The molecule has 0 saturated carbocycles. The maximum Gasteiger partial charge on any atom is 0.107 e. The summed E-state index contributed by atoms with van der Waals surface area (Å²) >= 11 is 0. The van der Waals surface area contributed by atoms with E-state index in [1.54, 1.807) is 0 Å². The zero-order valence-electron chi connectivity index (χ0n) is 10.1. The smallest absolute Gasteiger partial charge is 0.107 e. The van der Waals surface area contributed by atoms with Gasteiger partial charge < -0.3 is 10.5 Å². The van der Waals surface area contributed by atoms with Crippen molar-refractivity contribution in [2.24, 2.45) is 5.73 Å². The lowest BCUT2D eigenvalue weighted by atomic mass is 10.3. The number of hydrogen-bond acceptors (Lipinski definition) is 4. The lowest BCUT2D eigenvalue weighted by Crippen LogP contribution is -2.42. The van der Waals surface area contributed by atoms with E-state index in [1.165, 1.54) is 0 Å². The van der Waals surface area contributed by atoms with Crippen molar-refractivity contribution in [3.8, 4) is 0 Å². The molecule has 0 heterocycles. The van der Waals surface area contributed by atoms with E-state index in [0.29, 0.717) is 0 Å². The number of rotatable bonds is 7. The van der Waals surface area contributed by atoms with Gasteiger partial charge in [0.05, 0.1) is 12.3 Å². The zero-order chi connectivity index (χ0) is 11.1. The summed E-state index contributed by atoms with van der Waals surface area (Å²) in [6, 6.07) is 0. The SMILES string of the molecule is CCC(N)NCC(C)OC(C)N(C)C. The third kappa shape index (κ3) is 6.32. The highest BCUT2D eigenvalue weighted by molar-refractivity contribution is 4.61. The van der Waals surface area contributed by atoms with Crippen LogP contribution in [0.1, 0.15) is 27.2 Å². The third-order valence-electron chi connectivity index (χ3n) is 2.26. The molecule has 0 aliphatic rings. The van der Waals surface area contributed by atoms with Gasteiger partial charge >= 0.3 is 0 Å². The maximum atomic E-state index is 5.73. The minimum Gasteiger partial charge on any atom is -0.359 e. The van der Waals surface area contributed by atoms with Gasteiger partial charge in [-0.05, 0) is 34.4 Å². The third-order valence-corrected chi connectivity index (χ3v) is 2.26. The first kappa shape index (κ1) is 13.8. The van der Waals surface area contributed by atoms with Crippen LogP contribution in [0.4, 0.5) is 0 Å². The first-order chi connectivity index (χ1) is 6.47. The van der Waals surface area contributed by atoms with E-state index in [9.17, 15) is 0 Å². The fourth-order valence-corrected chi connectivity index (χ4v) is 0.968. The van der Waals surface area contributed by atoms with Crippen molar-refractivity contribution >= 4 is 0 Å². The Morgan fingerprint density at radius 3 is 2.36 bits per heavy atom. The van der Waals surface area contributed by atoms with E-state index in [1.807, 2.05) is 25.9 Å². The molecule has 0 aromatic rings. The van der Waals surface area contributed by atoms with Gasteiger partial charge in [0, 0.05) is 6.54 Å². The van der Waals surface area contributed by atoms with Gasteiger partial charge in [0.25, 0.3) is 0 Å². The zero-order valence-corrected chi connectivity index (χ0v) is 10.1. The van der Waals surface area contributed by atoms with Crippen LogP contribution in [0.5, 0.6) is 0 Å². The summed E-state index contributed by atoms with van der Waals surface area (Å²) in [5.74, 6) is 0. The van der Waals surface area contributed by atoms with E-state index in [-0.39, 0.29) is 18.5 Å².